The second kappa shape index (κ2) is 14.3. The van der Waals surface area contributed by atoms with Gasteiger partial charge >= 0.3 is 7.82 Å². The molecular weight excluding hydrogens is 621 g/mol. The number of ether oxygens (including phenoxy) is 2. The first-order valence-electron chi connectivity index (χ1n) is 13.2. The molecule has 0 radical (unpaired) electrons. The number of thiazole rings is 1. The first kappa shape index (κ1) is 33.1. The summed E-state index contributed by atoms with van der Waals surface area (Å²) in [6, 6.07) is 6.99. The Kier molecular flexibility index (Phi) is 10.8. The number of phosphoric ester groups is 1. The van der Waals surface area contributed by atoms with E-state index in [1.165, 1.54) is 43.1 Å². The molecule has 5 N–H and O–H groups in total. The summed E-state index contributed by atoms with van der Waals surface area (Å²) < 4.78 is 54.3. The summed E-state index contributed by atoms with van der Waals surface area (Å²) in [5.74, 6) is -1.36. The molecule has 0 aliphatic rings. The predicted octanol–water partition coefficient (Wildman–Crippen LogP) is 4.54. The van der Waals surface area contributed by atoms with E-state index in [9.17, 15) is 18.1 Å². The fourth-order valence-electron chi connectivity index (χ4n) is 3.91. The zero-order chi connectivity index (χ0) is 31.9. The van der Waals surface area contributed by atoms with Crippen molar-refractivity contribution in [2.75, 3.05) is 37.5 Å². The topological polar surface area (TPSA) is 177 Å². The lowest BCUT2D eigenvalue weighted by atomic mass is 10.1. The number of phosphoric acid groups is 1. The molecule has 0 aliphatic heterocycles. The van der Waals surface area contributed by atoms with Gasteiger partial charge in [-0.2, -0.15) is 0 Å². The van der Waals surface area contributed by atoms with E-state index >= 15 is 0 Å². The molecule has 0 bridgehead atoms. The van der Waals surface area contributed by atoms with E-state index in [0.29, 0.717) is 57.8 Å². The van der Waals surface area contributed by atoms with E-state index in [1.807, 2.05) is 0 Å². The van der Waals surface area contributed by atoms with Gasteiger partial charge in [-0.25, -0.2) is 28.3 Å². The van der Waals surface area contributed by atoms with Crippen LogP contribution in [0.4, 0.5) is 25.4 Å². The molecule has 0 unspecified atom stereocenters. The first-order valence-corrected chi connectivity index (χ1v) is 15.5. The molecule has 0 spiro atoms. The molecule has 2 heterocycles. The van der Waals surface area contributed by atoms with E-state index in [2.05, 4.69) is 35.4 Å². The Balaban J connectivity index is 1.36. The van der Waals surface area contributed by atoms with Gasteiger partial charge in [0.2, 0.25) is 5.91 Å². The largest absolute Gasteiger partial charge is 0.493 e. The summed E-state index contributed by atoms with van der Waals surface area (Å²) in [5.41, 5.74) is -0.329. The fraction of sp³-hybridized carbons (Fsp3) is 0.333. The van der Waals surface area contributed by atoms with E-state index in [1.54, 1.807) is 26.0 Å². The summed E-state index contributed by atoms with van der Waals surface area (Å²) in [4.78, 5) is 43.7. The van der Waals surface area contributed by atoms with Crippen molar-refractivity contribution in [3.8, 4) is 11.5 Å². The number of carbonyl (C=O) groups is 1. The molecule has 4 aromatic rings. The van der Waals surface area contributed by atoms with Gasteiger partial charge in [-0.05, 0) is 45.0 Å². The van der Waals surface area contributed by atoms with Crippen LogP contribution in [-0.2, 0) is 20.3 Å². The quantitative estimate of drug-likeness (QED) is 0.0896. The molecule has 13 nitrogen and oxygen atoms in total. The highest BCUT2D eigenvalue weighted by atomic mass is 32.1. The highest BCUT2D eigenvalue weighted by molar-refractivity contribution is 7.46. The van der Waals surface area contributed by atoms with E-state index in [4.69, 9.17) is 19.3 Å². The monoisotopic (exact) mass is 652 g/mol. The van der Waals surface area contributed by atoms with Crippen LogP contribution in [0.3, 0.4) is 0 Å². The second-order valence-corrected chi connectivity index (χ2v) is 12.5. The number of fused-ring (bicyclic) bond motifs is 1. The Labute approximate surface area is 255 Å². The number of halogens is 2. The highest BCUT2D eigenvalue weighted by Crippen LogP contribution is 2.37. The maximum absolute atomic E-state index is 13.9. The van der Waals surface area contributed by atoms with Gasteiger partial charge in [0.05, 0.1) is 37.9 Å². The minimum absolute atomic E-state index is 0.0947. The number of hydrogen-bond acceptors (Lipinski definition) is 11. The van der Waals surface area contributed by atoms with Crippen molar-refractivity contribution in [3.63, 3.8) is 0 Å². The average molecular weight is 653 g/mol. The molecule has 0 aliphatic carbocycles. The number of anilines is 3. The van der Waals surface area contributed by atoms with Gasteiger partial charge in [-0.3, -0.25) is 9.32 Å². The lowest BCUT2D eigenvalue weighted by molar-refractivity contribution is -0.115. The predicted molar refractivity (Wildman–Crippen MR) is 160 cm³/mol. The Bertz CT molecular complexity index is 1670. The third-order valence-electron chi connectivity index (χ3n) is 6.04. The number of amides is 1. The van der Waals surface area contributed by atoms with Crippen LogP contribution in [0.1, 0.15) is 25.1 Å². The summed E-state index contributed by atoms with van der Waals surface area (Å²) in [5, 5.41) is 9.73. The van der Waals surface area contributed by atoms with Crippen molar-refractivity contribution in [3.05, 3.63) is 59.4 Å². The zero-order valence-electron chi connectivity index (χ0n) is 24.0. The molecule has 0 saturated heterocycles. The van der Waals surface area contributed by atoms with Crippen molar-refractivity contribution in [1.29, 1.82) is 0 Å². The highest BCUT2D eigenvalue weighted by Gasteiger charge is 2.23. The van der Waals surface area contributed by atoms with Crippen LogP contribution in [0.25, 0.3) is 10.9 Å². The maximum Gasteiger partial charge on any atom is 0.469 e. The molecule has 236 valence electrons. The number of carbonyl (C=O) groups excluding carboxylic acids is 1. The molecule has 0 atom stereocenters. The van der Waals surface area contributed by atoms with Gasteiger partial charge in [-0.15, -0.1) is 11.3 Å². The molecule has 44 heavy (non-hydrogen) atoms. The number of benzene rings is 2. The standard InChI is InChI=1S/C27H31F2N6O7PS/c1-27(2,14-42-43(37,38)39)33-8-5-9-41-22-12-20-17(11-21(22)40-3)25(32-15-31-20)35-26-30-13-16(44-26)10-23(36)34-19-7-4-6-18(28)24(19)29/h4,6-7,11-13,15,33H,5,8-10,14H2,1-3H3,(H,34,36)(H2,37,38,39)(H,30,31,32,35). The second-order valence-electron chi connectivity index (χ2n) is 10.1. The average Bonchev–Trinajstić information content (AvgIpc) is 3.40. The molecule has 4 rings (SSSR count). The first-order chi connectivity index (χ1) is 20.8. The van der Waals surface area contributed by atoms with E-state index in [0.717, 1.165) is 6.07 Å². The van der Waals surface area contributed by atoms with Crippen LogP contribution in [0, 0.1) is 11.6 Å². The minimum Gasteiger partial charge on any atom is -0.493 e. The number of aromatic nitrogens is 3. The van der Waals surface area contributed by atoms with Crippen LogP contribution in [0.5, 0.6) is 11.5 Å². The Hall–Kier alpha value is -3.79. The van der Waals surface area contributed by atoms with Gasteiger partial charge in [0.1, 0.15) is 12.1 Å². The Morgan fingerprint density at radius 3 is 2.68 bits per heavy atom. The molecule has 2 aromatic heterocycles. The lowest BCUT2D eigenvalue weighted by Crippen LogP contribution is -2.44. The SMILES string of the molecule is COc1cc2c(Nc3ncc(CC(=O)Nc4cccc(F)c4F)s3)ncnc2cc1OCCCNC(C)(C)COP(=O)(O)O. The molecular formula is C27H31F2N6O7PS. The zero-order valence-corrected chi connectivity index (χ0v) is 25.7. The van der Waals surface area contributed by atoms with Crippen molar-refractivity contribution in [2.45, 2.75) is 32.2 Å². The van der Waals surface area contributed by atoms with Crippen LogP contribution in [-0.4, -0.2) is 63.1 Å². The minimum atomic E-state index is -4.55. The number of hydrogen-bond donors (Lipinski definition) is 5. The van der Waals surface area contributed by atoms with Gasteiger partial charge in [0, 0.05) is 28.1 Å². The third-order valence-corrected chi connectivity index (χ3v) is 7.41. The lowest BCUT2D eigenvalue weighted by Gasteiger charge is -2.26. The van der Waals surface area contributed by atoms with Gasteiger partial charge in [0.25, 0.3) is 0 Å². The normalized spacial score (nSPS) is 11.9. The van der Waals surface area contributed by atoms with Gasteiger partial charge < -0.3 is 35.2 Å². The molecule has 0 fully saturated rings. The van der Waals surface area contributed by atoms with Crippen LogP contribution < -0.4 is 25.4 Å². The molecule has 0 saturated carbocycles. The van der Waals surface area contributed by atoms with Crippen LogP contribution in [0.2, 0.25) is 0 Å². The van der Waals surface area contributed by atoms with Crippen LogP contribution in [0.15, 0.2) is 42.9 Å². The van der Waals surface area contributed by atoms with E-state index < -0.39 is 30.9 Å². The Morgan fingerprint density at radius 1 is 1.14 bits per heavy atom. The summed E-state index contributed by atoms with van der Waals surface area (Å²) in [7, 11) is -3.05. The van der Waals surface area contributed by atoms with Crippen LogP contribution >= 0.6 is 19.2 Å². The van der Waals surface area contributed by atoms with Gasteiger partial charge in [-0.1, -0.05) is 6.07 Å². The van der Waals surface area contributed by atoms with E-state index in [-0.39, 0.29) is 18.7 Å². The van der Waals surface area contributed by atoms with Gasteiger partial charge in [0.15, 0.2) is 28.3 Å². The van der Waals surface area contributed by atoms with Crippen molar-refractivity contribution >= 4 is 52.6 Å². The maximum atomic E-state index is 13.9. The Morgan fingerprint density at radius 2 is 1.93 bits per heavy atom. The number of nitrogens with one attached hydrogen (secondary N) is 3. The smallest absolute Gasteiger partial charge is 0.469 e. The van der Waals surface area contributed by atoms with Crippen molar-refractivity contribution < 1.29 is 41.9 Å². The fourth-order valence-corrected chi connectivity index (χ4v) is 5.22. The van der Waals surface area contributed by atoms with Crippen molar-refractivity contribution in [2.24, 2.45) is 0 Å². The summed E-state index contributed by atoms with van der Waals surface area (Å²) in [6.45, 7) is 4.19. The van der Waals surface area contributed by atoms with Crippen molar-refractivity contribution in [1.82, 2.24) is 20.3 Å². The number of rotatable bonds is 15. The number of nitrogens with zero attached hydrogens (tertiary/aromatic N) is 3. The molecule has 2 aromatic carbocycles. The molecule has 17 heteroatoms. The molecule has 1 amide bonds. The number of methoxy groups -OCH3 is 1. The summed E-state index contributed by atoms with van der Waals surface area (Å²) in [6.07, 6.45) is 3.37. The summed E-state index contributed by atoms with van der Waals surface area (Å²) >= 11 is 1.20. The third kappa shape index (κ3) is 9.35.